The van der Waals surface area contributed by atoms with Crippen LogP contribution in [-0.2, 0) is 18.0 Å². The minimum Gasteiger partial charge on any atom is -0.480 e. The van der Waals surface area contributed by atoms with Gasteiger partial charge in [-0.05, 0) is 37.4 Å². The third-order valence-electron chi connectivity index (χ3n) is 6.49. The van der Waals surface area contributed by atoms with E-state index in [1.807, 2.05) is 15.6 Å². The summed E-state index contributed by atoms with van der Waals surface area (Å²) in [6.07, 6.45) is 5.28. The summed E-state index contributed by atoms with van der Waals surface area (Å²) < 4.78 is 13.3. The van der Waals surface area contributed by atoms with Gasteiger partial charge >= 0.3 is 6.03 Å². The van der Waals surface area contributed by atoms with Crippen LogP contribution in [0.3, 0.4) is 0 Å². The molecule has 180 valence electrons. The summed E-state index contributed by atoms with van der Waals surface area (Å²) in [6, 6.07) is 3.26. The monoisotopic (exact) mass is 472 g/mol. The predicted molar refractivity (Wildman–Crippen MR) is 132 cm³/mol. The minimum atomic E-state index is -1.13. The van der Waals surface area contributed by atoms with Crippen LogP contribution in [0.25, 0.3) is 0 Å². The zero-order chi connectivity index (χ0) is 23.6. The normalized spacial score (nSPS) is 17.2. The lowest BCUT2D eigenvalue weighted by atomic mass is 10.0. The largest absolute Gasteiger partial charge is 0.480 e. The summed E-state index contributed by atoms with van der Waals surface area (Å²) in [5.41, 5.74) is 4.00. The number of carbonyl (C=O) groups excluding carboxylic acids is 1. The molecule has 0 aromatic carbocycles. The van der Waals surface area contributed by atoms with Crippen molar-refractivity contribution in [3.8, 4) is 5.88 Å². The van der Waals surface area contributed by atoms with Crippen molar-refractivity contribution in [3.63, 3.8) is 0 Å². The first-order valence-corrected chi connectivity index (χ1v) is 15.4. The van der Waals surface area contributed by atoms with Crippen LogP contribution in [0.2, 0.25) is 25.7 Å². The number of ether oxygens (including phenoxy) is 2. The van der Waals surface area contributed by atoms with Gasteiger partial charge in [-0.15, -0.1) is 0 Å². The summed E-state index contributed by atoms with van der Waals surface area (Å²) in [5.74, 6) is 0.659. The molecule has 0 saturated carbocycles. The second-order valence-corrected chi connectivity index (χ2v) is 15.7. The van der Waals surface area contributed by atoms with Crippen molar-refractivity contribution in [3.05, 3.63) is 29.7 Å². The first kappa shape index (κ1) is 23.6. The van der Waals surface area contributed by atoms with Crippen LogP contribution in [0.5, 0.6) is 5.88 Å². The van der Waals surface area contributed by atoms with Crippen LogP contribution in [0.4, 0.5) is 16.2 Å². The average Bonchev–Trinajstić information content (AvgIpc) is 3.17. The molecule has 0 unspecified atom stereocenters. The molecule has 0 bridgehead atoms. The molecular weight excluding hydrogens is 436 g/mol. The van der Waals surface area contributed by atoms with Crippen molar-refractivity contribution in [1.29, 1.82) is 0 Å². The van der Waals surface area contributed by atoms with Gasteiger partial charge in [-0.1, -0.05) is 19.6 Å². The average molecular weight is 473 g/mol. The van der Waals surface area contributed by atoms with E-state index in [4.69, 9.17) is 9.47 Å². The Balaban J connectivity index is 1.38. The maximum absolute atomic E-state index is 12.8. The molecule has 9 nitrogen and oxygen atoms in total. The third-order valence-corrected chi connectivity index (χ3v) is 8.19. The van der Waals surface area contributed by atoms with Crippen molar-refractivity contribution in [2.24, 2.45) is 0 Å². The van der Waals surface area contributed by atoms with Crippen LogP contribution in [0.1, 0.15) is 24.1 Å². The number of aromatic nitrogens is 3. The molecule has 2 aromatic heterocycles. The first-order valence-electron chi connectivity index (χ1n) is 11.7. The summed E-state index contributed by atoms with van der Waals surface area (Å²) in [7, 11) is 0.532. The number of carbonyl (C=O) groups is 1. The maximum Gasteiger partial charge on any atom is 0.322 e. The van der Waals surface area contributed by atoms with Crippen LogP contribution < -0.4 is 15.0 Å². The number of rotatable bonds is 8. The molecule has 4 rings (SSSR count). The molecule has 10 heteroatoms. The molecule has 4 heterocycles. The van der Waals surface area contributed by atoms with Gasteiger partial charge in [0.2, 0.25) is 5.88 Å². The molecular formula is C23H36N6O3Si. The van der Waals surface area contributed by atoms with E-state index in [-0.39, 0.29) is 12.1 Å². The zero-order valence-electron chi connectivity index (χ0n) is 20.4. The van der Waals surface area contributed by atoms with Gasteiger partial charge in [0.05, 0.1) is 31.2 Å². The smallest absolute Gasteiger partial charge is 0.322 e. The maximum atomic E-state index is 12.8. The van der Waals surface area contributed by atoms with Gasteiger partial charge in [-0.25, -0.2) is 14.5 Å². The Bertz CT molecular complexity index is 981. The highest BCUT2D eigenvalue weighted by molar-refractivity contribution is 6.76. The Morgan fingerprint density at radius 1 is 1.24 bits per heavy atom. The summed E-state index contributed by atoms with van der Waals surface area (Å²) in [5, 5.41) is 7.48. The molecule has 1 fully saturated rings. The van der Waals surface area contributed by atoms with E-state index in [0.717, 1.165) is 61.2 Å². The van der Waals surface area contributed by atoms with Gasteiger partial charge in [0.15, 0.2) is 0 Å². The van der Waals surface area contributed by atoms with Crippen molar-refractivity contribution in [2.45, 2.75) is 64.8 Å². The second-order valence-electron chi connectivity index (χ2n) is 10.1. The van der Waals surface area contributed by atoms with Crippen molar-refractivity contribution in [1.82, 2.24) is 19.7 Å². The van der Waals surface area contributed by atoms with E-state index < -0.39 is 8.07 Å². The Hall–Kier alpha value is -2.59. The van der Waals surface area contributed by atoms with E-state index in [2.05, 4.69) is 46.9 Å². The SMILES string of the molecule is COc1nccc(C)c1N1CCC(N2Cc3c(cnn3COCC[Si](C)(C)C)NC2=O)CC1. The predicted octanol–water partition coefficient (Wildman–Crippen LogP) is 3.92. The number of hydrogen-bond donors (Lipinski definition) is 1. The number of nitrogens with one attached hydrogen (secondary N) is 1. The molecule has 2 aliphatic rings. The van der Waals surface area contributed by atoms with Gasteiger partial charge in [0, 0.05) is 40.0 Å². The van der Waals surface area contributed by atoms with E-state index in [9.17, 15) is 4.79 Å². The fraction of sp³-hybridized carbons (Fsp3) is 0.609. The highest BCUT2D eigenvalue weighted by atomic mass is 28.3. The molecule has 2 amide bonds. The Kier molecular flexibility index (Phi) is 6.94. The molecule has 0 aliphatic carbocycles. The summed E-state index contributed by atoms with van der Waals surface area (Å²) in [6.45, 7) is 12.5. The zero-order valence-corrected chi connectivity index (χ0v) is 21.4. The molecule has 1 saturated heterocycles. The molecule has 2 aliphatic heterocycles. The number of amides is 2. The number of piperidine rings is 1. The van der Waals surface area contributed by atoms with Crippen molar-refractivity contribution >= 4 is 25.5 Å². The van der Waals surface area contributed by atoms with Crippen molar-refractivity contribution in [2.75, 3.05) is 37.0 Å². The van der Waals surface area contributed by atoms with E-state index in [0.29, 0.717) is 19.2 Å². The first-order chi connectivity index (χ1) is 15.8. The van der Waals surface area contributed by atoms with E-state index in [1.165, 1.54) is 0 Å². The second kappa shape index (κ2) is 9.72. The lowest BCUT2D eigenvalue weighted by Gasteiger charge is -2.41. The third kappa shape index (κ3) is 5.32. The lowest BCUT2D eigenvalue weighted by Crippen LogP contribution is -2.50. The highest BCUT2D eigenvalue weighted by Gasteiger charge is 2.34. The van der Waals surface area contributed by atoms with Gasteiger partial charge < -0.3 is 24.6 Å². The molecule has 2 aromatic rings. The van der Waals surface area contributed by atoms with E-state index >= 15 is 0 Å². The lowest BCUT2D eigenvalue weighted by molar-refractivity contribution is 0.0736. The quantitative estimate of drug-likeness (QED) is 0.463. The molecule has 0 spiro atoms. The van der Waals surface area contributed by atoms with Crippen LogP contribution in [0.15, 0.2) is 18.5 Å². The van der Waals surface area contributed by atoms with E-state index in [1.54, 1.807) is 19.5 Å². The van der Waals surface area contributed by atoms with Crippen molar-refractivity contribution < 1.29 is 14.3 Å². The van der Waals surface area contributed by atoms with Gasteiger partial charge in [0.25, 0.3) is 0 Å². The number of fused-ring (bicyclic) bond motifs is 1. The standard InChI is InChI=1S/C23H36N6O3Si/c1-17-6-9-24-22(31-2)21(17)27-10-7-18(8-11-27)28-15-20-19(26-23(28)30)14-25-29(20)16-32-12-13-33(3,4)5/h6,9,14,18H,7-8,10-13,15-16H2,1-5H3,(H,26,30). The number of urea groups is 1. The number of methoxy groups -OCH3 is 1. The topological polar surface area (TPSA) is 84.8 Å². The molecule has 0 atom stereocenters. The number of pyridine rings is 1. The van der Waals surface area contributed by atoms with Crippen LogP contribution in [0, 0.1) is 6.92 Å². The van der Waals surface area contributed by atoms with Gasteiger partial charge in [0.1, 0.15) is 12.4 Å². The Morgan fingerprint density at radius 2 is 2.00 bits per heavy atom. The number of nitrogens with zero attached hydrogens (tertiary/aromatic N) is 5. The highest BCUT2D eigenvalue weighted by Crippen LogP contribution is 2.34. The molecule has 0 radical (unpaired) electrons. The Labute approximate surface area is 197 Å². The summed E-state index contributed by atoms with van der Waals surface area (Å²) >= 11 is 0. The van der Waals surface area contributed by atoms with Crippen LogP contribution in [-0.4, -0.2) is 66.6 Å². The van der Waals surface area contributed by atoms with Crippen LogP contribution >= 0.6 is 0 Å². The molecule has 33 heavy (non-hydrogen) atoms. The number of anilines is 2. The Morgan fingerprint density at radius 3 is 2.70 bits per heavy atom. The fourth-order valence-electron chi connectivity index (χ4n) is 4.50. The number of aryl methyl sites for hydroxylation is 1. The minimum absolute atomic E-state index is 0.0460. The molecule has 1 N–H and O–H groups in total. The fourth-order valence-corrected chi connectivity index (χ4v) is 5.25. The summed E-state index contributed by atoms with van der Waals surface area (Å²) in [4.78, 5) is 21.5. The van der Waals surface area contributed by atoms with Gasteiger partial charge in [-0.3, -0.25) is 0 Å². The van der Waals surface area contributed by atoms with Gasteiger partial charge in [-0.2, -0.15) is 5.10 Å². The number of hydrogen-bond acceptors (Lipinski definition) is 6.